The molecule has 1 N–H and O–H groups in total. The fraction of sp³-hybridized carbons (Fsp3) is 0.529. The van der Waals surface area contributed by atoms with Crippen molar-refractivity contribution in [2.75, 3.05) is 20.2 Å². The number of rotatable bonds is 4. The van der Waals surface area contributed by atoms with Crippen LogP contribution in [0.15, 0.2) is 24.3 Å². The highest BCUT2D eigenvalue weighted by Crippen LogP contribution is 2.52. The normalized spacial score (nSPS) is 23.0. The first-order valence-corrected chi connectivity index (χ1v) is 7.74. The molecule has 2 aliphatic rings. The van der Waals surface area contributed by atoms with E-state index in [2.05, 4.69) is 0 Å². The third-order valence-electron chi connectivity index (χ3n) is 4.84. The maximum Gasteiger partial charge on any atom is 0.308 e. The van der Waals surface area contributed by atoms with Gasteiger partial charge in [0.15, 0.2) is 0 Å². The number of piperidine rings is 1. The van der Waals surface area contributed by atoms with Crippen molar-refractivity contribution in [3.8, 4) is 5.75 Å². The number of carboxylic acid groups (broad SMARTS) is 1. The summed E-state index contributed by atoms with van der Waals surface area (Å²) in [4.78, 5) is 25.9. The summed E-state index contributed by atoms with van der Waals surface area (Å²) in [7, 11) is 1.61. The molecule has 118 valence electrons. The second-order valence-electron chi connectivity index (χ2n) is 6.21. The van der Waals surface area contributed by atoms with E-state index in [1.807, 2.05) is 24.3 Å². The summed E-state index contributed by atoms with van der Waals surface area (Å²) < 4.78 is 5.40. The van der Waals surface area contributed by atoms with Crippen molar-refractivity contribution in [3.05, 3.63) is 29.8 Å². The molecule has 22 heavy (non-hydrogen) atoms. The van der Waals surface area contributed by atoms with Crippen molar-refractivity contribution in [2.24, 2.45) is 5.92 Å². The molecule has 0 unspecified atom stereocenters. The molecule has 1 amide bonds. The number of benzene rings is 1. The first-order valence-electron chi connectivity index (χ1n) is 7.74. The third kappa shape index (κ3) is 2.45. The number of amides is 1. The molecule has 1 saturated heterocycles. The molecule has 5 heteroatoms. The number of hydrogen-bond donors (Lipinski definition) is 1. The second kappa shape index (κ2) is 5.63. The number of carboxylic acids is 1. The highest BCUT2D eigenvalue weighted by Gasteiger charge is 2.54. The Hall–Kier alpha value is -2.04. The van der Waals surface area contributed by atoms with Gasteiger partial charge in [0, 0.05) is 18.7 Å². The lowest BCUT2D eigenvalue weighted by Crippen LogP contribution is -2.46. The topological polar surface area (TPSA) is 66.8 Å². The second-order valence-corrected chi connectivity index (χ2v) is 6.21. The van der Waals surface area contributed by atoms with Crippen LogP contribution in [-0.4, -0.2) is 42.1 Å². The van der Waals surface area contributed by atoms with Gasteiger partial charge in [0.25, 0.3) is 0 Å². The van der Waals surface area contributed by atoms with Crippen LogP contribution in [0.25, 0.3) is 0 Å². The van der Waals surface area contributed by atoms with Gasteiger partial charge in [-0.3, -0.25) is 9.59 Å². The molecular formula is C17H21NO4. The van der Waals surface area contributed by atoms with Gasteiger partial charge >= 0.3 is 5.97 Å². The fourth-order valence-electron chi connectivity index (χ4n) is 3.43. The number of nitrogens with zero attached hydrogens (tertiary/aromatic N) is 1. The Labute approximate surface area is 129 Å². The van der Waals surface area contributed by atoms with Gasteiger partial charge < -0.3 is 14.7 Å². The Morgan fingerprint density at radius 3 is 2.68 bits per heavy atom. The molecule has 1 aliphatic heterocycles. The van der Waals surface area contributed by atoms with Crippen LogP contribution in [0.3, 0.4) is 0 Å². The van der Waals surface area contributed by atoms with E-state index < -0.39 is 17.3 Å². The van der Waals surface area contributed by atoms with Crippen molar-refractivity contribution in [3.63, 3.8) is 0 Å². The quantitative estimate of drug-likeness (QED) is 0.924. The van der Waals surface area contributed by atoms with Gasteiger partial charge in [0.1, 0.15) is 5.75 Å². The summed E-state index contributed by atoms with van der Waals surface area (Å²) >= 11 is 0. The van der Waals surface area contributed by atoms with Gasteiger partial charge in [-0.1, -0.05) is 18.2 Å². The fourth-order valence-corrected chi connectivity index (χ4v) is 3.43. The molecule has 0 spiro atoms. The average Bonchev–Trinajstić information content (AvgIpc) is 3.36. The summed E-state index contributed by atoms with van der Waals surface area (Å²) in [5, 5.41) is 9.20. The Balaban J connectivity index is 1.83. The first-order chi connectivity index (χ1) is 10.6. The van der Waals surface area contributed by atoms with Gasteiger partial charge in [0.2, 0.25) is 5.91 Å². The van der Waals surface area contributed by atoms with E-state index >= 15 is 0 Å². The smallest absolute Gasteiger partial charge is 0.308 e. The lowest BCUT2D eigenvalue weighted by Gasteiger charge is -2.34. The maximum absolute atomic E-state index is 13.0. The minimum atomic E-state index is -0.806. The number of methoxy groups -OCH3 is 1. The minimum absolute atomic E-state index is 0.0583. The summed E-state index contributed by atoms with van der Waals surface area (Å²) in [6, 6.07) is 7.63. The van der Waals surface area contributed by atoms with Gasteiger partial charge in [-0.15, -0.1) is 0 Å². The third-order valence-corrected chi connectivity index (χ3v) is 4.84. The van der Waals surface area contributed by atoms with Crippen molar-refractivity contribution in [1.82, 2.24) is 4.90 Å². The minimum Gasteiger partial charge on any atom is -0.496 e. The van der Waals surface area contributed by atoms with E-state index in [1.54, 1.807) is 12.0 Å². The Morgan fingerprint density at radius 1 is 1.32 bits per heavy atom. The number of hydrogen-bond acceptors (Lipinski definition) is 3. The molecule has 5 nitrogen and oxygen atoms in total. The lowest BCUT2D eigenvalue weighted by molar-refractivity contribution is -0.146. The molecule has 1 aliphatic carbocycles. The highest BCUT2D eigenvalue weighted by atomic mass is 16.5. The number of carbonyl (C=O) groups excluding carboxylic acids is 1. The SMILES string of the molecule is COc1ccccc1C1(C(=O)N2CCC[C@@H](C(=O)O)C2)CC1. The van der Waals surface area contributed by atoms with Crippen LogP contribution in [-0.2, 0) is 15.0 Å². The molecule has 1 aromatic rings. The van der Waals surface area contributed by atoms with Crippen LogP contribution >= 0.6 is 0 Å². The molecule has 1 atom stereocenters. The number of aliphatic carboxylic acids is 1. The number of para-hydroxylation sites is 1. The van der Waals surface area contributed by atoms with Crippen molar-refractivity contribution >= 4 is 11.9 Å². The van der Waals surface area contributed by atoms with Crippen LogP contribution < -0.4 is 4.74 Å². The highest BCUT2D eigenvalue weighted by molar-refractivity contribution is 5.92. The Bertz CT molecular complexity index is 594. The zero-order chi connectivity index (χ0) is 15.7. The molecule has 2 fully saturated rings. The van der Waals surface area contributed by atoms with E-state index in [1.165, 1.54) is 0 Å². The molecule has 1 aromatic carbocycles. The van der Waals surface area contributed by atoms with Gasteiger partial charge in [-0.2, -0.15) is 0 Å². The first kappa shape index (κ1) is 14.9. The Morgan fingerprint density at radius 2 is 2.05 bits per heavy atom. The van der Waals surface area contributed by atoms with Gasteiger partial charge in [0.05, 0.1) is 18.4 Å². The van der Waals surface area contributed by atoms with Gasteiger partial charge in [-0.05, 0) is 31.7 Å². The molecule has 1 heterocycles. The summed E-state index contributed by atoms with van der Waals surface area (Å²) in [6.45, 7) is 0.977. The Kier molecular flexibility index (Phi) is 3.81. The number of carbonyl (C=O) groups is 2. The molecule has 0 bridgehead atoms. The monoisotopic (exact) mass is 303 g/mol. The van der Waals surface area contributed by atoms with Crippen LogP contribution in [0.4, 0.5) is 0 Å². The van der Waals surface area contributed by atoms with Crippen LogP contribution in [0.2, 0.25) is 0 Å². The predicted octanol–water partition coefficient (Wildman–Crippen LogP) is 2.05. The molecular weight excluding hydrogens is 282 g/mol. The van der Waals surface area contributed by atoms with Crippen LogP contribution in [0, 0.1) is 5.92 Å². The standard InChI is InChI=1S/C17H21NO4/c1-22-14-7-3-2-6-13(14)17(8-9-17)16(21)18-10-4-5-12(11-18)15(19)20/h2-3,6-7,12H,4-5,8-11H2,1H3,(H,19,20)/t12-/m1/s1. The summed E-state index contributed by atoms with van der Waals surface area (Å²) in [6.07, 6.45) is 3.02. The van der Waals surface area contributed by atoms with E-state index in [0.717, 1.165) is 30.6 Å². The molecule has 0 aromatic heterocycles. The van der Waals surface area contributed by atoms with Gasteiger partial charge in [-0.25, -0.2) is 0 Å². The van der Waals surface area contributed by atoms with E-state index in [0.29, 0.717) is 19.5 Å². The predicted molar refractivity (Wildman–Crippen MR) is 80.8 cm³/mol. The summed E-state index contributed by atoms with van der Waals surface area (Å²) in [5.41, 5.74) is 0.424. The summed E-state index contributed by atoms with van der Waals surface area (Å²) in [5.74, 6) is -0.450. The van der Waals surface area contributed by atoms with Crippen molar-refractivity contribution in [2.45, 2.75) is 31.1 Å². The van der Waals surface area contributed by atoms with E-state index in [4.69, 9.17) is 4.74 Å². The molecule has 3 rings (SSSR count). The number of ether oxygens (including phenoxy) is 1. The molecule has 1 saturated carbocycles. The zero-order valence-corrected chi connectivity index (χ0v) is 12.7. The van der Waals surface area contributed by atoms with E-state index in [9.17, 15) is 14.7 Å². The van der Waals surface area contributed by atoms with Crippen molar-refractivity contribution < 1.29 is 19.4 Å². The average molecular weight is 303 g/mol. The lowest BCUT2D eigenvalue weighted by atomic mass is 9.91. The van der Waals surface area contributed by atoms with Crippen molar-refractivity contribution in [1.29, 1.82) is 0 Å². The molecule has 0 radical (unpaired) electrons. The largest absolute Gasteiger partial charge is 0.496 e. The zero-order valence-electron chi connectivity index (χ0n) is 12.7. The van der Waals surface area contributed by atoms with Crippen LogP contribution in [0.5, 0.6) is 5.75 Å². The number of likely N-dealkylation sites (tertiary alicyclic amines) is 1. The van der Waals surface area contributed by atoms with E-state index in [-0.39, 0.29) is 5.91 Å². The van der Waals surface area contributed by atoms with Crippen LogP contribution in [0.1, 0.15) is 31.2 Å². The maximum atomic E-state index is 13.0.